The van der Waals surface area contributed by atoms with E-state index in [0.717, 1.165) is 3.57 Å². The second kappa shape index (κ2) is 5.67. The molecule has 0 spiro atoms. The fourth-order valence-electron chi connectivity index (χ4n) is 1.61. The molecule has 1 atom stereocenters. The van der Waals surface area contributed by atoms with Crippen LogP contribution in [-0.4, -0.2) is 5.11 Å². The Morgan fingerprint density at radius 2 is 1.94 bits per heavy atom. The Bertz CT molecular complexity index is 555. The lowest BCUT2D eigenvalue weighted by Crippen LogP contribution is -1.98. The third-order valence-electron chi connectivity index (χ3n) is 2.46. The lowest BCUT2D eigenvalue weighted by Gasteiger charge is -2.14. The van der Waals surface area contributed by atoms with E-state index in [9.17, 15) is 9.50 Å². The van der Waals surface area contributed by atoms with Gasteiger partial charge in [0.05, 0.1) is 6.10 Å². The number of aliphatic hydroxyl groups is 1. The summed E-state index contributed by atoms with van der Waals surface area (Å²) in [4.78, 5) is 0. The molecule has 94 valence electrons. The predicted octanol–water partition coefficient (Wildman–Crippen LogP) is 4.28. The van der Waals surface area contributed by atoms with Crippen LogP contribution in [0.3, 0.4) is 0 Å². The van der Waals surface area contributed by atoms with Crippen molar-refractivity contribution in [3.05, 3.63) is 57.4 Å². The van der Waals surface area contributed by atoms with Crippen molar-refractivity contribution >= 4 is 22.6 Å². The van der Waals surface area contributed by atoms with Gasteiger partial charge in [-0.05, 0) is 53.8 Å². The Hall–Kier alpha value is -1.14. The zero-order valence-electron chi connectivity index (χ0n) is 9.73. The molecule has 0 saturated carbocycles. The van der Waals surface area contributed by atoms with Crippen molar-refractivity contribution < 1.29 is 14.2 Å². The van der Waals surface area contributed by atoms with Gasteiger partial charge in [0.15, 0.2) is 11.6 Å². The van der Waals surface area contributed by atoms with Gasteiger partial charge in [-0.2, -0.15) is 0 Å². The topological polar surface area (TPSA) is 29.5 Å². The normalized spacial score (nSPS) is 12.2. The number of aliphatic hydroxyl groups excluding tert-OH is 1. The molecule has 2 nitrogen and oxygen atoms in total. The minimum absolute atomic E-state index is 0.0782. The van der Waals surface area contributed by atoms with Crippen molar-refractivity contribution in [3.63, 3.8) is 0 Å². The highest BCUT2D eigenvalue weighted by Crippen LogP contribution is 2.32. The summed E-state index contributed by atoms with van der Waals surface area (Å²) in [5.74, 6) is 0.149. The zero-order valence-corrected chi connectivity index (χ0v) is 11.9. The van der Waals surface area contributed by atoms with Crippen LogP contribution in [0, 0.1) is 9.39 Å². The largest absolute Gasteiger partial charge is 0.454 e. The SMILES string of the molecule is C[C@@H](O)c1cccc(F)c1Oc1cccc(I)c1. The number of hydrogen-bond acceptors (Lipinski definition) is 2. The summed E-state index contributed by atoms with van der Waals surface area (Å²) < 4.78 is 20.3. The Balaban J connectivity index is 2.39. The van der Waals surface area contributed by atoms with Crippen LogP contribution in [0.1, 0.15) is 18.6 Å². The number of para-hydroxylation sites is 1. The molecule has 0 aliphatic carbocycles. The Labute approximate surface area is 119 Å². The summed E-state index contributed by atoms with van der Waals surface area (Å²) in [5, 5.41) is 9.61. The van der Waals surface area contributed by atoms with Gasteiger partial charge in [0.2, 0.25) is 0 Å². The van der Waals surface area contributed by atoms with E-state index in [4.69, 9.17) is 4.74 Å². The van der Waals surface area contributed by atoms with Gasteiger partial charge in [-0.1, -0.05) is 18.2 Å². The fourth-order valence-corrected chi connectivity index (χ4v) is 2.13. The highest BCUT2D eigenvalue weighted by atomic mass is 127. The molecule has 4 heteroatoms. The van der Waals surface area contributed by atoms with Gasteiger partial charge in [0.1, 0.15) is 5.75 Å². The minimum atomic E-state index is -0.779. The smallest absolute Gasteiger partial charge is 0.168 e. The van der Waals surface area contributed by atoms with Crippen LogP contribution in [0.15, 0.2) is 42.5 Å². The number of rotatable bonds is 3. The Morgan fingerprint density at radius 1 is 1.22 bits per heavy atom. The molecule has 1 N–H and O–H groups in total. The van der Waals surface area contributed by atoms with E-state index in [1.165, 1.54) is 6.07 Å². The van der Waals surface area contributed by atoms with Gasteiger partial charge < -0.3 is 9.84 Å². The average molecular weight is 358 g/mol. The molecule has 0 fully saturated rings. The van der Waals surface area contributed by atoms with Crippen LogP contribution >= 0.6 is 22.6 Å². The molecule has 0 saturated heterocycles. The second-order valence-corrected chi connectivity index (χ2v) is 5.14. The van der Waals surface area contributed by atoms with E-state index in [-0.39, 0.29) is 5.75 Å². The van der Waals surface area contributed by atoms with Crippen molar-refractivity contribution in [1.82, 2.24) is 0 Å². The minimum Gasteiger partial charge on any atom is -0.454 e. The second-order valence-electron chi connectivity index (χ2n) is 3.89. The molecular formula is C14H12FIO2. The Morgan fingerprint density at radius 3 is 2.61 bits per heavy atom. The van der Waals surface area contributed by atoms with Crippen molar-refractivity contribution in [1.29, 1.82) is 0 Å². The van der Waals surface area contributed by atoms with Gasteiger partial charge >= 0.3 is 0 Å². The molecule has 2 rings (SSSR count). The van der Waals surface area contributed by atoms with Crippen LogP contribution in [0.25, 0.3) is 0 Å². The number of halogens is 2. The van der Waals surface area contributed by atoms with E-state index in [0.29, 0.717) is 11.3 Å². The standard InChI is InChI=1S/C14H12FIO2/c1-9(17)12-6-3-7-13(15)14(12)18-11-5-2-4-10(16)8-11/h2-9,17H,1H3/t9-/m1/s1. The molecule has 2 aromatic rings. The summed E-state index contributed by atoms with van der Waals surface area (Å²) >= 11 is 2.16. The third-order valence-corrected chi connectivity index (χ3v) is 3.13. The van der Waals surface area contributed by atoms with Crippen LogP contribution in [-0.2, 0) is 0 Å². The van der Waals surface area contributed by atoms with E-state index in [1.807, 2.05) is 12.1 Å². The van der Waals surface area contributed by atoms with Crippen molar-refractivity contribution in [2.75, 3.05) is 0 Å². The molecule has 2 aromatic carbocycles. The van der Waals surface area contributed by atoms with Crippen molar-refractivity contribution in [2.24, 2.45) is 0 Å². The molecule has 0 unspecified atom stereocenters. The van der Waals surface area contributed by atoms with Gasteiger partial charge in [-0.25, -0.2) is 4.39 Å². The molecule has 0 aliphatic rings. The molecule has 18 heavy (non-hydrogen) atoms. The van der Waals surface area contributed by atoms with Gasteiger partial charge in [-0.15, -0.1) is 0 Å². The zero-order chi connectivity index (χ0) is 13.1. The van der Waals surface area contributed by atoms with Gasteiger partial charge in [0.25, 0.3) is 0 Å². The summed E-state index contributed by atoms with van der Waals surface area (Å²) in [6.07, 6.45) is -0.779. The van der Waals surface area contributed by atoms with Crippen LogP contribution < -0.4 is 4.74 Å². The first-order chi connectivity index (χ1) is 8.58. The van der Waals surface area contributed by atoms with E-state index >= 15 is 0 Å². The van der Waals surface area contributed by atoms with Crippen molar-refractivity contribution in [3.8, 4) is 11.5 Å². The number of benzene rings is 2. The van der Waals surface area contributed by atoms with Crippen LogP contribution in [0.2, 0.25) is 0 Å². The first-order valence-corrected chi connectivity index (χ1v) is 6.55. The Kier molecular flexibility index (Phi) is 4.19. The summed E-state index contributed by atoms with van der Waals surface area (Å²) in [6.45, 7) is 1.58. The lowest BCUT2D eigenvalue weighted by molar-refractivity contribution is 0.194. The molecule has 0 aliphatic heterocycles. The highest BCUT2D eigenvalue weighted by molar-refractivity contribution is 14.1. The summed E-state index contributed by atoms with van der Waals surface area (Å²) in [7, 11) is 0. The molecular weight excluding hydrogens is 346 g/mol. The van der Waals surface area contributed by atoms with Gasteiger partial charge in [0, 0.05) is 9.13 Å². The molecule has 0 bridgehead atoms. The maximum atomic E-state index is 13.8. The molecule has 0 heterocycles. The number of hydrogen-bond donors (Lipinski definition) is 1. The quantitative estimate of drug-likeness (QED) is 0.831. The van der Waals surface area contributed by atoms with E-state index < -0.39 is 11.9 Å². The maximum absolute atomic E-state index is 13.8. The maximum Gasteiger partial charge on any atom is 0.168 e. The van der Waals surface area contributed by atoms with E-state index in [1.54, 1.807) is 31.2 Å². The summed E-state index contributed by atoms with van der Waals surface area (Å²) in [6, 6.07) is 11.8. The van der Waals surface area contributed by atoms with Crippen LogP contribution in [0.5, 0.6) is 11.5 Å². The lowest BCUT2D eigenvalue weighted by atomic mass is 10.1. The average Bonchev–Trinajstić information content (AvgIpc) is 2.31. The fraction of sp³-hybridized carbons (Fsp3) is 0.143. The van der Waals surface area contributed by atoms with Gasteiger partial charge in [-0.3, -0.25) is 0 Å². The number of ether oxygens (including phenoxy) is 1. The first-order valence-electron chi connectivity index (χ1n) is 5.48. The highest BCUT2D eigenvalue weighted by Gasteiger charge is 2.14. The first kappa shape index (κ1) is 13.3. The third kappa shape index (κ3) is 3.00. The monoisotopic (exact) mass is 358 g/mol. The summed E-state index contributed by atoms with van der Waals surface area (Å²) in [5.41, 5.74) is 0.439. The van der Waals surface area contributed by atoms with Crippen molar-refractivity contribution in [2.45, 2.75) is 13.0 Å². The van der Waals surface area contributed by atoms with E-state index in [2.05, 4.69) is 22.6 Å². The molecule has 0 aromatic heterocycles. The van der Waals surface area contributed by atoms with Crippen LogP contribution in [0.4, 0.5) is 4.39 Å². The molecule has 0 amide bonds. The predicted molar refractivity (Wildman–Crippen MR) is 76.3 cm³/mol. The molecule has 0 radical (unpaired) electrons.